The third-order valence-corrected chi connectivity index (χ3v) is 13.9. The number of carboxylic acids is 1. The molecule has 0 saturated carbocycles. The molecule has 19 N–H and O–H groups in total. The predicted octanol–water partition coefficient (Wildman–Crippen LogP) is 1.52. The average Bonchev–Trinajstić information content (AvgIpc) is 4.09. The Morgan fingerprint density at radius 2 is 1.30 bits per heavy atom. The molecule has 3 amide bonds. The van der Waals surface area contributed by atoms with Gasteiger partial charge in [0.1, 0.15) is 23.9 Å². The van der Waals surface area contributed by atoms with Gasteiger partial charge in [-0.05, 0) is 120 Å². The number of carbonyl (C=O) groups excluding carboxylic acids is 3. The molecule has 6 rings (SSSR count). The number of nitrogens with two attached hydrogens (primary N) is 6. The number of aliphatic carboxylic acids is 1. The number of fused-ring (bicyclic) bond motifs is 5. The lowest BCUT2D eigenvalue weighted by Crippen LogP contribution is -2.55. The van der Waals surface area contributed by atoms with Gasteiger partial charge in [-0.2, -0.15) is 0 Å². The highest BCUT2D eigenvalue weighted by molar-refractivity contribution is 6.21. The van der Waals surface area contributed by atoms with Crippen LogP contribution >= 0.6 is 0 Å². The first kappa shape index (κ1) is 55.5. The standard InChI is InChI=1S/C51H72N16O7/c1-7-28-23(2)34-22-39-42(27(6)68)25(4)36(62-39)20-35-24(3)29(44(64-35)30-19-40(69)43-26(5)37(65-45(30)43)21-38(28)61-34)14-15-41(70)63-31(11-8-16-58-49(52)53)46(71)66-32(12-9-17-59-50(54)55)47(72)67-33(48(73)74)13-10-18-60-51(56)57/h20-22,24,27,29,31-33,64,68-69H,7-19H2,1-6H3,(H,63,70)(H,66,71)(H,67,72)(H,73,74)(H4,52,53,58)(H4,54,55,59)(H4,56,57,60)/t24-,27?,29-,31-,32-,33-/m0/s1. The molecule has 398 valence electrons. The third kappa shape index (κ3) is 13.0. The molecular formula is C51H72N16O7. The first-order valence-corrected chi connectivity index (χ1v) is 25.0. The maximum absolute atomic E-state index is 14.2. The van der Waals surface area contributed by atoms with Crippen molar-refractivity contribution in [2.75, 3.05) is 19.6 Å². The molecule has 74 heavy (non-hydrogen) atoms. The van der Waals surface area contributed by atoms with Gasteiger partial charge in [0.15, 0.2) is 17.9 Å². The van der Waals surface area contributed by atoms with Crippen LogP contribution < -0.4 is 55.7 Å². The molecule has 23 heteroatoms. The number of carbonyl (C=O) groups is 4. The van der Waals surface area contributed by atoms with E-state index < -0.39 is 47.9 Å². The summed E-state index contributed by atoms with van der Waals surface area (Å²) in [5.41, 5.74) is 44.5. The minimum Gasteiger partial charge on any atom is -0.511 e. The molecule has 1 saturated heterocycles. The molecule has 0 spiro atoms. The number of amides is 3. The maximum Gasteiger partial charge on any atom is 0.326 e. The Kier molecular flexibility index (Phi) is 18.2. The molecule has 0 aromatic carbocycles. The van der Waals surface area contributed by atoms with E-state index in [1.807, 2.05) is 45.9 Å². The third-order valence-electron chi connectivity index (χ3n) is 13.9. The van der Waals surface area contributed by atoms with Crippen molar-refractivity contribution in [1.82, 2.24) is 21.3 Å². The first-order valence-electron chi connectivity index (χ1n) is 25.0. The second-order valence-electron chi connectivity index (χ2n) is 19.2. The highest BCUT2D eigenvalue weighted by Crippen LogP contribution is 2.46. The Balaban J connectivity index is 1.29. The number of carboxylic acid groups (broad SMARTS) is 1. The Hall–Kier alpha value is -7.82. The van der Waals surface area contributed by atoms with Crippen LogP contribution in [0.5, 0.6) is 0 Å². The molecule has 6 atom stereocenters. The number of aliphatic hydroxyl groups is 2. The quantitative estimate of drug-likeness (QED) is 0.0392. The van der Waals surface area contributed by atoms with Crippen LogP contribution in [0.25, 0.3) is 0 Å². The van der Waals surface area contributed by atoms with Gasteiger partial charge in [-0.3, -0.25) is 29.4 Å². The van der Waals surface area contributed by atoms with Gasteiger partial charge in [0.2, 0.25) is 17.7 Å². The van der Waals surface area contributed by atoms with E-state index in [1.165, 1.54) is 0 Å². The van der Waals surface area contributed by atoms with Crippen LogP contribution in [0.15, 0.2) is 121 Å². The second-order valence-corrected chi connectivity index (χ2v) is 19.2. The van der Waals surface area contributed by atoms with Crippen molar-refractivity contribution in [3.63, 3.8) is 0 Å². The topological polar surface area (TPSA) is 407 Å². The van der Waals surface area contributed by atoms with Crippen LogP contribution in [0.1, 0.15) is 106 Å². The molecule has 0 radical (unpaired) electrons. The number of hydrogen-bond donors (Lipinski definition) is 13. The molecule has 5 aliphatic heterocycles. The molecule has 1 unspecified atom stereocenters. The lowest BCUT2D eigenvalue weighted by atomic mass is 9.86. The number of allylic oxidation sites excluding steroid dienone is 11. The summed E-state index contributed by atoms with van der Waals surface area (Å²) in [5.74, 6) is -4.04. The SMILES string of the molecule is CCC1=C(C)C2=NC1=CC1=C(C)C3=C(O)CC(=C4NC(=CC5=NC(=C2)C(C(C)O)=C5C)[C@@H](C)[C@@H]4CCC(=O)N[C@@H](CCCN=C(N)N)C(=O)N[C@@H](CCCN=C(N)N)C(=O)N[C@@H](CCCN=C(N)N)C(=O)O)C3=N1. The Bertz CT molecular complexity index is 2770. The van der Waals surface area contributed by atoms with E-state index in [1.54, 1.807) is 6.92 Å². The summed E-state index contributed by atoms with van der Waals surface area (Å²) in [7, 11) is 0. The Morgan fingerprint density at radius 3 is 1.85 bits per heavy atom. The molecule has 0 aromatic heterocycles. The molecule has 1 fully saturated rings. The van der Waals surface area contributed by atoms with Crippen molar-refractivity contribution < 1.29 is 34.5 Å². The summed E-state index contributed by atoms with van der Waals surface area (Å²) in [6, 6.07) is -3.76. The normalized spacial score (nSPS) is 20.4. The van der Waals surface area contributed by atoms with Crippen molar-refractivity contribution in [1.29, 1.82) is 0 Å². The lowest BCUT2D eigenvalue weighted by molar-refractivity contribution is -0.142. The molecular weight excluding hydrogens is 949 g/mol. The molecule has 5 heterocycles. The van der Waals surface area contributed by atoms with Crippen molar-refractivity contribution >= 4 is 58.7 Å². The fourth-order valence-electron chi connectivity index (χ4n) is 10.1. The Morgan fingerprint density at radius 1 is 0.757 bits per heavy atom. The smallest absolute Gasteiger partial charge is 0.326 e. The Labute approximate surface area is 430 Å². The van der Waals surface area contributed by atoms with Crippen LogP contribution in [-0.4, -0.2) is 118 Å². The molecule has 23 nitrogen and oxygen atoms in total. The van der Waals surface area contributed by atoms with E-state index in [4.69, 9.17) is 49.4 Å². The largest absolute Gasteiger partial charge is 0.511 e. The van der Waals surface area contributed by atoms with Crippen LogP contribution in [-0.2, 0) is 19.2 Å². The maximum atomic E-state index is 14.2. The molecule has 0 aromatic rings. The zero-order chi connectivity index (χ0) is 54.1. The van der Waals surface area contributed by atoms with Gasteiger partial charge in [-0.1, -0.05) is 13.8 Å². The number of aliphatic hydroxyl groups excluding tert-OH is 2. The van der Waals surface area contributed by atoms with Crippen molar-refractivity contribution in [3.05, 3.63) is 91.5 Å². The van der Waals surface area contributed by atoms with Gasteiger partial charge in [0.05, 0.1) is 40.3 Å². The summed E-state index contributed by atoms with van der Waals surface area (Å²) < 4.78 is 0. The van der Waals surface area contributed by atoms with Gasteiger partial charge in [-0.25, -0.2) is 19.8 Å². The fourth-order valence-corrected chi connectivity index (χ4v) is 10.1. The van der Waals surface area contributed by atoms with Gasteiger partial charge < -0.3 is 71.0 Å². The monoisotopic (exact) mass is 1020 g/mol. The number of nitrogens with one attached hydrogen (secondary N) is 4. The summed E-state index contributed by atoms with van der Waals surface area (Å²) >= 11 is 0. The zero-order valence-electron chi connectivity index (χ0n) is 43.0. The van der Waals surface area contributed by atoms with Gasteiger partial charge in [-0.15, -0.1) is 0 Å². The summed E-state index contributed by atoms with van der Waals surface area (Å²) in [6.07, 6.45) is 7.03. The number of hydrogen-bond acceptors (Lipinski definition) is 13. The molecule has 8 bridgehead atoms. The minimum atomic E-state index is -1.33. The summed E-state index contributed by atoms with van der Waals surface area (Å²) in [5, 5.41) is 44.4. The van der Waals surface area contributed by atoms with Crippen molar-refractivity contribution in [2.24, 2.45) is 76.2 Å². The van der Waals surface area contributed by atoms with Crippen LogP contribution in [0.4, 0.5) is 0 Å². The van der Waals surface area contributed by atoms with Crippen molar-refractivity contribution in [2.45, 2.75) is 130 Å². The van der Waals surface area contributed by atoms with E-state index in [9.17, 15) is 34.5 Å². The van der Waals surface area contributed by atoms with E-state index in [-0.39, 0.29) is 106 Å². The number of nitrogens with zero attached hydrogens (tertiary/aromatic N) is 6. The molecule has 1 aliphatic carbocycles. The second kappa shape index (κ2) is 24.3. The zero-order valence-corrected chi connectivity index (χ0v) is 43.0. The summed E-state index contributed by atoms with van der Waals surface area (Å²) in [6.45, 7) is 12.1. The minimum absolute atomic E-state index is 0.00922. The van der Waals surface area contributed by atoms with E-state index in [0.29, 0.717) is 40.4 Å². The number of aliphatic imine (C=N–C) groups is 6. The summed E-state index contributed by atoms with van der Waals surface area (Å²) in [4.78, 5) is 81.5. The highest BCUT2D eigenvalue weighted by Gasteiger charge is 2.42. The van der Waals surface area contributed by atoms with E-state index in [2.05, 4.69) is 43.2 Å². The number of guanidine groups is 3. The number of rotatable bonds is 23. The highest BCUT2D eigenvalue weighted by atomic mass is 16.4. The van der Waals surface area contributed by atoms with Gasteiger partial charge >= 0.3 is 5.97 Å². The van der Waals surface area contributed by atoms with Crippen LogP contribution in [0, 0.1) is 11.8 Å². The van der Waals surface area contributed by atoms with E-state index in [0.717, 1.165) is 57.1 Å². The van der Waals surface area contributed by atoms with Crippen LogP contribution in [0.3, 0.4) is 0 Å². The van der Waals surface area contributed by atoms with Gasteiger partial charge in [0, 0.05) is 72.4 Å². The van der Waals surface area contributed by atoms with E-state index >= 15 is 0 Å². The molecule has 6 aliphatic rings. The average molecular weight is 1020 g/mol. The first-order chi connectivity index (χ1) is 35.1. The predicted molar refractivity (Wildman–Crippen MR) is 286 cm³/mol. The fraction of sp³-hybridized carbons (Fsp3) is 0.490. The van der Waals surface area contributed by atoms with Gasteiger partial charge in [0.25, 0.3) is 0 Å². The van der Waals surface area contributed by atoms with Crippen molar-refractivity contribution in [3.8, 4) is 0 Å². The van der Waals surface area contributed by atoms with Crippen LogP contribution in [0.2, 0.25) is 0 Å². The lowest BCUT2D eigenvalue weighted by Gasteiger charge is -2.25.